The van der Waals surface area contributed by atoms with Crippen molar-refractivity contribution in [1.29, 1.82) is 0 Å². The van der Waals surface area contributed by atoms with Gasteiger partial charge in [-0.05, 0) is 86.3 Å². The summed E-state index contributed by atoms with van der Waals surface area (Å²) in [5, 5.41) is 3.45. The maximum absolute atomic E-state index is 6.44. The third kappa shape index (κ3) is 3.67. The Morgan fingerprint density at radius 2 is 1.46 bits per heavy atom. The van der Waals surface area contributed by atoms with Gasteiger partial charge in [0.25, 0.3) is 0 Å². The Morgan fingerprint density at radius 1 is 0.857 bits per heavy atom. The number of rotatable bonds is 5. The molecule has 2 aromatic carbocycles. The Balaban J connectivity index is 1.30. The van der Waals surface area contributed by atoms with Crippen LogP contribution in [-0.2, 0) is 12.8 Å². The Morgan fingerprint density at radius 3 is 2.14 bits per heavy atom. The van der Waals surface area contributed by atoms with Crippen LogP contribution in [0.2, 0.25) is 0 Å². The lowest BCUT2D eigenvalue weighted by Gasteiger charge is -2.54. The number of nitrogens with zero attached hydrogens (tertiary/aromatic N) is 1. The smallest absolute Gasteiger partial charge is 0.193 e. The zero-order valence-electron chi connectivity index (χ0n) is 16.6. The summed E-state index contributed by atoms with van der Waals surface area (Å²) in [6.07, 6.45) is 10.1. The highest BCUT2D eigenvalue weighted by molar-refractivity contribution is 5.93. The van der Waals surface area contributed by atoms with E-state index in [-0.39, 0.29) is 5.54 Å². The molecule has 146 valence electrons. The van der Waals surface area contributed by atoms with Crippen molar-refractivity contribution in [3.63, 3.8) is 0 Å². The Hall–Kier alpha value is -2.29. The second-order valence-corrected chi connectivity index (χ2v) is 9.41. The fraction of sp³-hybridized carbons (Fsp3) is 0.480. The third-order valence-electron chi connectivity index (χ3n) is 7.17. The highest BCUT2D eigenvalue weighted by atomic mass is 15.1. The molecule has 3 heteroatoms. The van der Waals surface area contributed by atoms with E-state index >= 15 is 0 Å². The maximum Gasteiger partial charge on any atom is 0.193 e. The molecular weight excluding hydrogens is 342 g/mol. The minimum atomic E-state index is 0.116. The summed E-state index contributed by atoms with van der Waals surface area (Å²) in [5.41, 5.74) is 10.3. The standard InChI is InChI=1S/C25H31N3/c26-24(28-25-15-19-12-20(16-25)14-21(13-19)17-25)27-23-9-5-4-8-22(23)11-10-18-6-2-1-3-7-18/h1-9,19-21H,10-17H2,(H3,26,27,28). The summed E-state index contributed by atoms with van der Waals surface area (Å²) >= 11 is 0. The lowest BCUT2D eigenvalue weighted by molar-refractivity contribution is 0.00163. The van der Waals surface area contributed by atoms with Crippen molar-refractivity contribution >= 4 is 11.6 Å². The summed E-state index contributed by atoms with van der Waals surface area (Å²) in [5.74, 6) is 3.27. The van der Waals surface area contributed by atoms with Crippen molar-refractivity contribution in [3.05, 3.63) is 65.7 Å². The summed E-state index contributed by atoms with van der Waals surface area (Å²) < 4.78 is 0. The normalized spacial score (nSPS) is 31.1. The first-order valence-electron chi connectivity index (χ1n) is 10.9. The molecule has 3 nitrogen and oxygen atoms in total. The molecular formula is C25H31N3. The zero-order valence-corrected chi connectivity index (χ0v) is 16.6. The van der Waals surface area contributed by atoms with Gasteiger partial charge in [0.2, 0.25) is 0 Å². The summed E-state index contributed by atoms with van der Waals surface area (Å²) in [6, 6.07) is 19.2. The number of para-hydroxylation sites is 1. The largest absolute Gasteiger partial charge is 0.370 e. The molecule has 0 spiro atoms. The van der Waals surface area contributed by atoms with Crippen LogP contribution in [0.1, 0.15) is 49.7 Å². The Bertz CT molecular complexity index is 820. The van der Waals surface area contributed by atoms with Crippen LogP contribution in [0.5, 0.6) is 0 Å². The molecule has 4 saturated carbocycles. The Labute approximate surface area is 168 Å². The van der Waals surface area contributed by atoms with Crippen LogP contribution in [0.15, 0.2) is 59.6 Å². The second kappa shape index (κ2) is 7.27. The van der Waals surface area contributed by atoms with Crippen LogP contribution in [0.4, 0.5) is 5.69 Å². The van der Waals surface area contributed by atoms with E-state index in [0.717, 1.165) is 36.3 Å². The SMILES string of the molecule is NC(=NC12CC3CC(CC(C3)C1)C2)Nc1ccccc1CCc1ccccc1. The fourth-order valence-electron chi connectivity index (χ4n) is 6.41. The van der Waals surface area contributed by atoms with E-state index in [4.69, 9.17) is 10.7 Å². The van der Waals surface area contributed by atoms with Crippen LogP contribution in [0.3, 0.4) is 0 Å². The third-order valence-corrected chi connectivity index (χ3v) is 7.17. The molecule has 4 aliphatic carbocycles. The van der Waals surface area contributed by atoms with Crippen molar-refractivity contribution in [2.75, 3.05) is 5.32 Å². The van der Waals surface area contributed by atoms with Crippen LogP contribution < -0.4 is 11.1 Å². The zero-order chi connectivity index (χ0) is 19.0. The van der Waals surface area contributed by atoms with Gasteiger partial charge in [-0.2, -0.15) is 0 Å². The number of guanidine groups is 1. The summed E-state index contributed by atoms with van der Waals surface area (Å²) in [6.45, 7) is 0. The van der Waals surface area contributed by atoms with Crippen molar-refractivity contribution in [3.8, 4) is 0 Å². The van der Waals surface area contributed by atoms with E-state index in [9.17, 15) is 0 Å². The molecule has 4 fully saturated rings. The van der Waals surface area contributed by atoms with Gasteiger partial charge in [-0.3, -0.25) is 0 Å². The highest BCUT2D eigenvalue weighted by Crippen LogP contribution is 2.57. The number of nitrogens with one attached hydrogen (secondary N) is 1. The summed E-state index contributed by atoms with van der Waals surface area (Å²) in [7, 11) is 0. The average Bonchev–Trinajstić information content (AvgIpc) is 2.66. The van der Waals surface area contributed by atoms with Gasteiger partial charge in [0.1, 0.15) is 0 Å². The first-order chi connectivity index (χ1) is 13.7. The van der Waals surface area contributed by atoms with Crippen molar-refractivity contribution in [2.45, 2.75) is 56.9 Å². The van der Waals surface area contributed by atoms with E-state index in [1.165, 1.54) is 49.7 Å². The number of nitrogens with two attached hydrogens (primary N) is 1. The number of hydrogen-bond acceptors (Lipinski definition) is 1. The molecule has 3 N–H and O–H groups in total. The Kier molecular flexibility index (Phi) is 4.62. The predicted molar refractivity (Wildman–Crippen MR) is 116 cm³/mol. The van der Waals surface area contributed by atoms with E-state index in [1.54, 1.807) is 0 Å². The minimum absolute atomic E-state index is 0.116. The topological polar surface area (TPSA) is 50.4 Å². The number of anilines is 1. The van der Waals surface area contributed by atoms with Crippen LogP contribution >= 0.6 is 0 Å². The van der Waals surface area contributed by atoms with Gasteiger partial charge in [-0.1, -0.05) is 48.5 Å². The molecule has 0 unspecified atom stereocenters. The van der Waals surface area contributed by atoms with E-state index in [0.29, 0.717) is 5.96 Å². The average molecular weight is 374 g/mol. The molecule has 0 aliphatic heterocycles. The molecule has 0 atom stereocenters. The van der Waals surface area contributed by atoms with E-state index < -0.39 is 0 Å². The van der Waals surface area contributed by atoms with Gasteiger partial charge in [-0.15, -0.1) is 0 Å². The van der Waals surface area contributed by atoms with Crippen LogP contribution in [-0.4, -0.2) is 11.5 Å². The fourth-order valence-corrected chi connectivity index (χ4v) is 6.41. The number of aryl methyl sites for hydroxylation is 2. The molecule has 2 aromatic rings. The quantitative estimate of drug-likeness (QED) is 0.561. The minimum Gasteiger partial charge on any atom is -0.370 e. The number of hydrogen-bond donors (Lipinski definition) is 2. The molecule has 0 radical (unpaired) electrons. The lowest BCUT2D eigenvalue weighted by Crippen LogP contribution is -2.50. The van der Waals surface area contributed by atoms with Gasteiger partial charge in [0, 0.05) is 5.69 Å². The highest BCUT2D eigenvalue weighted by Gasteiger charge is 2.51. The molecule has 28 heavy (non-hydrogen) atoms. The maximum atomic E-state index is 6.44. The molecule has 0 aromatic heterocycles. The molecule has 0 saturated heterocycles. The first kappa shape index (κ1) is 17.8. The molecule has 0 amide bonds. The van der Waals surface area contributed by atoms with Crippen molar-refractivity contribution in [1.82, 2.24) is 0 Å². The predicted octanol–water partition coefficient (Wildman–Crippen LogP) is 5.17. The first-order valence-corrected chi connectivity index (χ1v) is 10.9. The van der Waals surface area contributed by atoms with Crippen molar-refractivity contribution in [2.24, 2.45) is 28.5 Å². The molecule has 4 bridgehead atoms. The van der Waals surface area contributed by atoms with Crippen LogP contribution in [0, 0.1) is 17.8 Å². The van der Waals surface area contributed by atoms with Crippen LogP contribution in [0.25, 0.3) is 0 Å². The molecule has 4 aliphatic rings. The van der Waals surface area contributed by atoms with Crippen molar-refractivity contribution < 1.29 is 0 Å². The number of benzene rings is 2. The molecule has 0 heterocycles. The van der Waals surface area contributed by atoms with E-state index in [1.807, 2.05) is 0 Å². The van der Waals surface area contributed by atoms with Gasteiger partial charge in [-0.25, -0.2) is 4.99 Å². The summed E-state index contributed by atoms with van der Waals surface area (Å²) in [4.78, 5) is 5.11. The van der Waals surface area contributed by atoms with Gasteiger partial charge in [0.05, 0.1) is 5.54 Å². The lowest BCUT2D eigenvalue weighted by atomic mass is 9.53. The van der Waals surface area contributed by atoms with E-state index in [2.05, 4.69) is 59.9 Å². The van der Waals surface area contributed by atoms with Gasteiger partial charge < -0.3 is 11.1 Å². The second-order valence-electron chi connectivity index (χ2n) is 9.41. The monoisotopic (exact) mass is 373 g/mol. The number of aliphatic imine (C=N–C) groups is 1. The van der Waals surface area contributed by atoms with Gasteiger partial charge >= 0.3 is 0 Å². The molecule has 6 rings (SSSR count). The van der Waals surface area contributed by atoms with Gasteiger partial charge in [0.15, 0.2) is 5.96 Å².